The lowest BCUT2D eigenvalue weighted by Gasteiger charge is -2.34. The minimum absolute atomic E-state index is 0.00875. The third-order valence-corrected chi connectivity index (χ3v) is 2.45. The van der Waals surface area contributed by atoms with E-state index in [1.54, 1.807) is 6.08 Å². The molecule has 1 unspecified atom stereocenters. The third kappa shape index (κ3) is 2.27. The summed E-state index contributed by atoms with van der Waals surface area (Å²) in [5.74, 6) is -2.43. The highest BCUT2D eigenvalue weighted by atomic mass is 19.3. The molecule has 0 bridgehead atoms. The van der Waals surface area contributed by atoms with Gasteiger partial charge in [-0.05, 0) is 6.92 Å². The number of nitrogens with zero attached hydrogens (tertiary/aromatic N) is 1. The van der Waals surface area contributed by atoms with Crippen molar-refractivity contribution in [2.75, 3.05) is 13.1 Å². The molecule has 1 rings (SSSR count). The number of hydrogen-bond donors (Lipinski definition) is 0. The molecule has 0 amide bonds. The van der Waals surface area contributed by atoms with Crippen molar-refractivity contribution in [2.24, 2.45) is 0 Å². The SMILES string of the molecule is C=CC(C)N1CCC(F)(F)CC1. The van der Waals surface area contributed by atoms with Gasteiger partial charge in [0.2, 0.25) is 0 Å². The van der Waals surface area contributed by atoms with Crippen LogP contribution < -0.4 is 0 Å². The standard InChI is InChI=1S/C9H15F2N/c1-3-8(2)12-6-4-9(10,11)5-7-12/h3,8H,1,4-7H2,2H3. The van der Waals surface area contributed by atoms with Crippen LogP contribution in [0.5, 0.6) is 0 Å². The smallest absolute Gasteiger partial charge is 0.250 e. The minimum atomic E-state index is -2.43. The van der Waals surface area contributed by atoms with Crippen LogP contribution in [0.4, 0.5) is 8.78 Å². The number of rotatable bonds is 2. The Kier molecular flexibility index (Phi) is 2.83. The van der Waals surface area contributed by atoms with E-state index in [2.05, 4.69) is 6.58 Å². The number of hydrogen-bond acceptors (Lipinski definition) is 1. The van der Waals surface area contributed by atoms with E-state index in [-0.39, 0.29) is 18.9 Å². The van der Waals surface area contributed by atoms with Crippen LogP contribution in [0.3, 0.4) is 0 Å². The fraction of sp³-hybridized carbons (Fsp3) is 0.778. The number of halogens is 2. The van der Waals surface area contributed by atoms with Gasteiger partial charge in [-0.3, -0.25) is 4.90 Å². The summed E-state index contributed by atoms with van der Waals surface area (Å²) in [4.78, 5) is 2.03. The molecular formula is C9H15F2N. The Morgan fingerprint density at radius 2 is 1.92 bits per heavy atom. The van der Waals surface area contributed by atoms with Crippen LogP contribution in [0.2, 0.25) is 0 Å². The highest BCUT2D eigenvalue weighted by Gasteiger charge is 2.34. The molecule has 1 heterocycles. The summed E-state index contributed by atoms with van der Waals surface area (Å²) in [6.07, 6.45) is 1.78. The van der Waals surface area contributed by atoms with Crippen LogP contribution in [-0.2, 0) is 0 Å². The van der Waals surface area contributed by atoms with Gasteiger partial charge in [-0.1, -0.05) is 6.08 Å². The quantitative estimate of drug-likeness (QED) is 0.582. The van der Waals surface area contributed by atoms with Crippen LogP contribution in [0.1, 0.15) is 19.8 Å². The summed E-state index contributed by atoms with van der Waals surface area (Å²) >= 11 is 0. The Labute approximate surface area is 72.1 Å². The van der Waals surface area contributed by atoms with Crippen LogP contribution in [0.25, 0.3) is 0 Å². The molecule has 1 nitrogen and oxygen atoms in total. The van der Waals surface area contributed by atoms with Crippen molar-refractivity contribution in [3.8, 4) is 0 Å². The molecule has 1 aliphatic rings. The maximum Gasteiger partial charge on any atom is 0.250 e. The third-order valence-electron chi connectivity index (χ3n) is 2.45. The van der Waals surface area contributed by atoms with Gasteiger partial charge in [-0.15, -0.1) is 6.58 Å². The monoisotopic (exact) mass is 175 g/mol. The summed E-state index contributed by atoms with van der Waals surface area (Å²) in [6.45, 7) is 6.60. The van der Waals surface area contributed by atoms with Crippen LogP contribution in [-0.4, -0.2) is 30.0 Å². The van der Waals surface area contributed by atoms with Crippen molar-refractivity contribution in [1.29, 1.82) is 0 Å². The molecule has 1 fully saturated rings. The van der Waals surface area contributed by atoms with Crippen molar-refractivity contribution < 1.29 is 8.78 Å². The Balaban J connectivity index is 2.40. The first-order valence-electron chi connectivity index (χ1n) is 4.29. The number of alkyl halides is 2. The summed E-state index contributed by atoms with van der Waals surface area (Å²) in [6, 6.07) is 0.223. The Morgan fingerprint density at radius 1 is 1.42 bits per heavy atom. The van der Waals surface area contributed by atoms with Crippen LogP contribution >= 0.6 is 0 Å². The van der Waals surface area contributed by atoms with Crippen molar-refractivity contribution in [2.45, 2.75) is 31.7 Å². The fourth-order valence-electron chi connectivity index (χ4n) is 1.41. The molecule has 0 N–H and O–H groups in total. The zero-order chi connectivity index (χ0) is 9.19. The van der Waals surface area contributed by atoms with Gasteiger partial charge in [0.1, 0.15) is 0 Å². The van der Waals surface area contributed by atoms with E-state index >= 15 is 0 Å². The maximum atomic E-state index is 12.7. The van der Waals surface area contributed by atoms with Gasteiger partial charge in [0.05, 0.1) is 0 Å². The summed E-state index contributed by atoms with van der Waals surface area (Å²) < 4.78 is 25.4. The average Bonchev–Trinajstić information content (AvgIpc) is 2.03. The highest BCUT2D eigenvalue weighted by Crippen LogP contribution is 2.28. The normalized spacial score (nSPS) is 26.6. The highest BCUT2D eigenvalue weighted by molar-refractivity contribution is 4.88. The molecule has 3 heteroatoms. The lowest BCUT2D eigenvalue weighted by atomic mass is 10.1. The Morgan fingerprint density at radius 3 is 2.33 bits per heavy atom. The first-order chi connectivity index (χ1) is 5.55. The molecule has 1 saturated heterocycles. The van der Waals surface area contributed by atoms with Crippen molar-refractivity contribution in [1.82, 2.24) is 4.90 Å². The van der Waals surface area contributed by atoms with E-state index in [0.29, 0.717) is 13.1 Å². The second-order valence-electron chi connectivity index (χ2n) is 3.37. The van der Waals surface area contributed by atoms with Crippen molar-refractivity contribution in [3.05, 3.63) is 12.7 Å². The van der Waals surface area contributed by atoms with Gasteiger partial charge in [-0.2, -0.15) is 0 Å². The lowest BCUT2D eigenvalue weighted by molar-refractivity contribution is -0.0585. The Hall–Kier alpha value is -0.440. The predicted molar refractivity (Wildman–Crippen MR) is 45.4 cm³/mol. The summed E-state index contributed by atoms with van der Waals surface area (Å²) in [7, 11) is 0. The first-order valence-corrected chi connectivity index (χ1v) is 4.29. The summed E-state index contributed by atoms with van der Waals surface area (Å²) in [5, 5.41) is 0. The van der Waals surface area contributed by atoms with Crippen LogP contribution in [0, 0.1) is 0 Å². The summed E-state index contributed by atoms with van der Waals surface area (Å²) in [5.41, 5.74) is 0. The van der Waals surface area contributed by atoms with Gasteiger partial charge in [-0.25, -0.2) is 8.78 Å². The molecule has 1 aliphatic heterocycles. The molecule has 70 valence electrons. The molecule has 0 radical (unpaired) electrons. The van der Waals surface area contributed by atoms with E-state index in [4.69, 9.17) is 0 Å². The van der Waals surface area contributed by atoms with Gasteiger partial charge in [0.15, 0.2) is 0 Å². The molecule has 0 saturated carbocycles. The average molecular weight is 175 g/mol. The molecular weight excluding hydrogens is 160 g/mol. The van der Waals surface area contributed by atoms with Gasteiger partial charge < -0.3 is 0 Å². The molecule has 0 aromatic rings. The molecule has 0 spiro atoms. The van der Waals surface area contributed by atoms with Gasteiger partial charge in [0.25, 0.3) is 5.92 Å². The molecule has 1 atom stereocenters. The lowest BCUT2D eigenvalue weighted by Crippen LogP contribution is -2.43. The van der Waals surface area contributed by atoms with Gasteiger partial charge in [0, 0.05) is 32.0 Å². The maximum absolute atomic E-state index is 12.7. The zero-order valence-electron chi connectivity index (χ0n) is 7.39. The van der Waals surface area contributed by atoms with E-state index in [1.807, 2.05) is 11.8 Å². The fourth-order valence-corrected chi connectivity index (χ4v) is 1.41. The number of piperidine rings is 1. The van der Waals surface area contributed by atoms with Gasteiger partial charge >= 0.3 is 0 Å². The Bertz CT molecular complexity index is 158. The predicted octanol–water partition coefficient (Wildman–Crippen LogP) is 2.29. The number of likely N-dealkylation sites (tertiary alicyclic amines) is 1. The molecule has 0 aromatic heterocycles. The second kappa shape index (κ2) is 3.52. The van der Waals surface area contributed by atoms with E-state index in [0.717, 1.165) is 0 Å². The van der Waals surface area contributed by atoms with E-state index in [1.165, 1.54) is 0 Å². The topological polar surface area (TPSA) is 3.24 Å². The van der Waals surface area contributed by atoms with Crippen molar-refractivity contribution in [3.63, 3.8) is 0 Å². The van der Waals surface area contributed by atoms with Crippen LogP contribution in [0.15, 0.2) is 12.7 Å². The second-order valence-corrected chi connectivity index (χ2v) is 3.37. The molecule has 0 aromatic carbocycles. The zero-order valence-corrected chi connectivity index (χ0v) is 7.39. The van der Waals surface area contributed by atoms with E-state index in [9.17, 15) is 8.78 Å². The molecule has 0 aliphatic carbocycles. The van der Waals surface area contributed by atoms with Crippen molar-refractivity contribution >= 4 is 0 Å². The first kappa shape index (κ1) is 9.65. The van der Waals surface area contributed by atoms with E-state index < -0.39 is 5.92 Å². The largest absolute Gasteiger partial charge is 0.297 e. The molecule has 12 heavy (non-hydrogen) atoms. The minimum Gasteiger partial charge on any atom is -0.297 e.